The Labute approximate surface area is 108 Å². The van der Waals surface area contributed by atoms with Crippen molar-refractivity contribution < 1.29 is 14.6 Å². The van der Waals surface area contributed by atoms with E-state index in [1.54, 1.807) is 18.2 Å². The van der Waals surface area contributed by atoms with Gasteiger partial charge in [-0.15, -0.1) is 0 Å². The van der Waals surface area contributed by atoms with E-state index in [1.807, 2.05) is 20.8 Å². The van der Waals surface area contributed by atoms with Crippen LogP contribution in [0.1, 0.15) is 31.1 Å². The summed E-state index contributed by atoms with van der Waals surface area (Å²) in [4.78, 5) is 12.0. The van der Waals surface area contributed by atoms with Crippen LogP contribution in [-0.4, -0.2) is 30.3 Å². The second kappa shape index (κ2) is 7.01. The molecule has 1 unspecified atom stereocenters. The van der Waals surface area contributed by atoms with Gasteiger partial charge >= 0.3 is 0 Å². The maximum atomic E-state index is 12.0. The summed E-state index contributed by atoms with van der Waals surface area (Å²) in [5, 5.41) is 12.5. The van der Waals surface area contributed by atoms with E-state index in [4.69, 9.17) is 4.74 Å². The number of nitrogens with one attached hydrogen (secondary N) is 1. The molecule has 0 saturated heterocycles. The molecule has 1 rings (SSSR count). The Morgan fingerprint density at radius 1 is 1.39 bits per heavy atom. The van der Waals surface area contributed by atoms with Gasteiger partial charge in [0.1, 0.15) is 5.75 Å². The Morgan fingerprint density at radius 3 is 2.61 bits per heavy atom. The first-order chi connectivity index (χ1) is 8.56. The minimum Gasteiger partial charge on any atom is -0.507 e. The van der Waals surface area contributed by atoms with Gasteiger partial charge < -0.3 is 15.2 Å². The lowest BCUT2D eigenvalue weighted by molar-refractivity contribution is 0.0804. The van der Waals surface area contributed by atoms with Crippen LogP contribution in [0.4, 0.5) is 0 Å². The number of ether oxygens (including phenoxy) is 1. The van der Waals surface area contributed by atoms with Crippen LogP contribution < -0.4 is 5.32 Å². The van der Waals surface area contributed by atoms with Gasteiger partial charge in [0.2, 0.25) is 0 Å². The van der Waals surface area contributed by atoms with Crippen LogP contribution in [0.2, 0.25) is 0 Å². The molecule has 1 aromatic rings. The Morgan fingerprint density at radius 2 is 2.06 bits per heavy atom. The van der Waals surface area contributed by atoms with Gasteiger partial charge in [0.05, 0.1) is 18.2 Å². The van der Waals surface area contributed by atoms with E-state index in [1.165, 1.54) is 6.07 Å². The van der Waals surface area contributed by atoms with Crippen LogP contribution in [0.3, 0.4) is 0 Å². The lowest BCUT2D eigenvalue weighted by Crippen LogP contribution is -2.41. The van der Waals surface area contributed by atoms with Gasteiger partial charge in [-0.05, 0) is 25.0 Å². The monoisotopic (exact) mass is 251 g/mol. The fourth-order valence-electron chi connectivity index (χ4n) is 1.56. The molecule has 0 radical (unpaired) electrons. The van der Waals surface area contributed by atoms with Gasteiger partial charge in [-0.25, -0.2) is 0 Å². The Hall–Kier alpha value is -1.55. The number of aromatic hydroxyl groups is 1. The van der Waals surface area contributed by atoms with Crippen molar-refractivity contribution in [3.8, 4) is 5.75 Å². The smallest absolute Gasteiger partial charge is 0.255 e. The second-order valence-electron chi connectivity index (χ2n) is 4.50. The van der Waals surface area contributed by atoms with Gasteiger partial charge in [0, 0.05) is 6.61 Å². The highest BCUT2D eigenvalue weighted by Gasteiger charge is 2.18. The lowest BCUT2D eigenvalue weighted by atomic mass is 10.0. The third kappa shape index (κ3) is 4.04. The standard InChI is InChI=1S/C14H21NO3/c1-4-18-9-12(10(2)3)15-14(17)11-7-5-6-8-13(11)16/h5-8,10,12,16H,4,9H2,1-3H3,(H,15,17). The van der Waals surface area contributed by atoms with E-state index < -0.39 is 0 Å². The molecule has 2 N–H and O–H groups in total. The molecule has 0 aromatic heterocycles. The fourth-order valence-corrected chi connectivity index (χ4v) is 1.56. The fraction of sp³-hybridized carbons (Fsp3) is 0.500. The number of amides is 1. The maximum Gasteiger partial charge on any atom is 0.255 e. The van der Waals surface area contributed by atoms with Crippen molar-refractivity contribution >= 4 is 5.91 Å². The van der Waals surface area contributed by atoms with Crippen molar-refractivity contribution in [3.63, 3.8) is 0 Å². The van der Waals surface area contributed by atoms with E-state index >= 15 is 0 Å². The SMILES string of the molecule is CCOCC(NC(=O)c1ccccc1O)C(C)C. The summed E-state index contributed by atoms with van der Waals surface area (Å²) in [5.74, 6) is -0.00762. The highest BCUT2D eigenvalue weighted by atomic mass is 16.5. The molecule has 4 nitrogen and oxygen atoms in total. The first-order valence-electron chi connectivity index (χ1n) is 6.22. The average molecular weight is 251 g/mol. The van der Waals surface area contributed by atoms with Crippen molar-refractivity contribution in [2.24, 2.45) is 5.92 Å². The summed E-state index contributed by atoms with van der Waals surface area (Å²) in [6.45, 7) is 7.06. The van der Waals surface area contributed by atoms with Gasteiger partial charge in [-0.1, -0.05) is 26.0 Å². The predicted octanol–water partition coefficient (Wildman–Crippen LogP) is 2.18. The third-order valence-corrected chi connectivity index (χ3v) is 2.77. The van der Waals surface area contributed by atoms with E-state index in [9.17, 15) is 9.90 Å². The average Bonchev–Trinajstić information content (AvgIpc) is 2.34. The van der Waals surface area contributed by atoms with E-state index in [-0.39, 0.29) is 23.6 Å². The van der Waals surface area contributed by atoms with Crippen LogP contribution in [-0.2, 0) is 4.74 Å². The number of para-hydroxylation sites is 1. The Kier molecular flexibility index (Phi) is 5.65. The molecule has 4 heteroatoms. The number of phenolic OH excluding ortho intramolecular Hbond substituents is 1. The number of benzene rings is 1. The number of hydrogen-bond donors (Lipinski definition) is 2. The third-order valence-electron chi connectivity index (χ3n) is 2.77. The van der Waals surface area contributed by atoms with E-state index in [0.29, 0.717) is 18.8 Å². The van der Waals surface area contributed by atoms with Crippen molar-refractivity contribution in [2.45, 2.75) is 26.8 Å². The summed E-state index contributed by atoms with van der Waals surface area (Å²) in [5.41, 5.74) is 0.291. The number of phenols is 1. The molecule has 0 aliphatic rings. The number of carbonyl (C=O) groups excluding carboxylic acids is 1. The Balaban J connectivity index is 2.69. The lowest BCUT2D eigenvalue weighted by Gasteiger charge is -2.22. The van der Waals surface area contributed by atoms with Crippen molar-refractivity contribution in [1.29, 1.82) is 0 Å². The van der Waals surface area contributed by atoms with Crippen molar-refractivity contribution in [2.75, 3.05) is 13.2 Å². The summed E-state index contributed by atoms with van der Waals surface area (Å²) in [7, 11) is 0. The first kappa shape index (κ1) is 14.5. The molecule has 100 valence electrons. The number of carbonyl (C=O) groups is 1. The molecule has 1 amide bonds. The van der Waals surface area contributed by atoms with Crippen LogP contribution in [0.25, 0.3) is 0 Å². The molecule has 0 heterocycles. The number of rotatable bonds is 6. The summed E-state index contributed by atoms with van der Waals surface area (Å²) in [6, 6.07) is 6.45. The minimum absolute atomic E-state index is 0.00563. The summed E-state index contributed by atoms with van der Waals surface area (Å²) < 4.78 is 5.35. The quantitative estimate of drug-likeness (QED) is 0.814. The molecule has 0 aliphatic heterocycles. The van der Waals surface area contributed by atoms with Crippen molar-refractivity contribution in [1.82, 2.24) is 5.32 Å². The molecular weight excluding hydrogens is 230 g/mol. The molecule has 0 spiro atoms. The van der Waals surface area contributed by atoms with Crippen LogP contribution >= 0.6 is 0 Å². The van der Waals surface area contributed by atoms with Gasteiger partial charge in [0.25, 0.3) is 5.91 Å². The molecule has 0 saturated carbocycles. The zero-order chi connectivity index (χ0) is 13.5. The number of hydrogen-bond acceptors (Lipinski definition) is 3. The van der Waals surface area contributed by atoms with Crippen LogP contribution in [0.5, 0.6) is 5.75 Å². The summed E-state index contributed by atoms with van der Waals surface area (Å²) in [6.07, 6.45) is 0. The maximum absolute atomic E-state index is 12.0. The van der Waals surface area contributed by atoms with Gasteiger partial charge in [-0.3, -0.25) is 4.79 Å². The van der Waals surface area contributed by atoms with E-state index in [0.717, 1.165) is 0 Å². The second-order valence-corrected chi connectivity index (χ2v) is 4.50. The highest BCUT2D eigenvalue weighted by molar-refractivity contribution is 5.96. The van der Waals surface area contributed by atoms with Gasteiger partial charge in [-0.2, -0.15) is 0 Å². The summed E-state index contributed by atoms with van der Waals surface area (Å²) >= 11 is 0. The molecule has 1 aromatic carbocycles. The van der Waals surface area contributed by atoms with Crippen molar-refractivity contribution in [3.05, 3.63) is 29.8 Å². The largest absolute Gasteiger partial charge is 0.507 e. The molecule has 1 atom stereocenters. The molecule has 0 bridgehead atoms. The van der Waals surface area contributed by atoms with Gasteiger partial charge in [0.15, 0.2) is 0 Å². The molecule has 18 heavy (non-hydrogen) atoms. The van der Waals surface area contributed by atoms with Crippen LogP contribution in [0.15, 0.2) is 24.3 Å². The zero-order valence-electron chi connectivity index (χ0n) is 11.1. The topological polar surface area (TPSA) is 58.6 Å². The molecule has 0 fully saturated rings. The minimum atomic E-state index is -0.272. The first-order valence-corrected chi connectivity index (χ1v) is 6.22. The normalized spacial score (nSPS) is 12.4. The highest BCUT2D eigenvalue weighted by Crippen LogP contribution is 2.16. The molecule has 0 aliphatic carbocycles. The Bertz CT molecular complexity index is 390. The van der Waals surface area contributed by atoms with E-state index in [2.05, 4.69) is 5.32 Å². The van der Waals surface area contributed by atoms with Crippen LogP contribution in [0, 0.1) is 5.92 Å². The molecular formula is C14H21NO3. The zero-order valence-corrected chi connectivity index (χ0v) is 11.1. The predicted molar refractivity (Wildman–Crippen MR) is 70.7 cm³/mol.